The molecule has 2 heterocycles. The molecular weight excluding hydrogens is 1070 g/mol. The minimum atomic E-state index is -1.08. The number of piperidine rings is 1. The minimum Gasteiger partial charge on any atom is -0.379 e. The van der Waals surface area contributed by atoms with Crippen LogP contribution in [0.3, 0.4) is 0 Å². The van der Waals surface area contributed by atoms with Crippen molar-refractivity contribution in [3.63, 3.8) is 0 Å². The average Bonchev–Trinajstić information content (AvgIpc) is 3.60. The Hall–Kier alpha value is -5.89. The molecule has 4 aromatic carbocycles. The van der Waals surface area contributed by atoms with E-state index in [1.54, 1.807) is 12.1 Å². The third kappa shape index (κ3) is 23.6. The number of ether oxygens (including phenoxy) is 13. The summed E-state index contributed by atoms with van der Waals surface area (Å²) in [5, 5.41) is 4.92. The number of rotatable bonds is 48. The van der Waals surface area contributed by atoms with Crippen LogP contribution in [0.4, 0.5) is 5.69 Å². The summed E-state index contributed by atoms with van der Waals surface area (Å²) in [5.74, 6) is -2.73. The third-order valence-electron chi connectivity index (χ3n) is 13.1. The first-order valence-corrected chi connectivity index (χ1v) is 28.8. The van der Waals surface area contributed by atoms with Crippen LogP contribution in [0.5, 0.6) is 0 Å². The number of carbonyl (C=O) groups is 5. The van der Waals surface area contributed by atoms with Gasteiger partial charge in [-0.1, -0.05) is 103 Å². The van der Waals surface area contributed by atoms with Gasteiger partial charge in [-0.25, -0.2) is 0 Å². The lowest BCUT2D eigenvalue weighted by atomic mass is 9.80. The van der Waals surface area contributed by atoms with Crippen molar-refractivity contribution in [1.82, 2.24) is 10.2 Å². The number of fused-ring (bicyclic) bond motifs is 1. The summed E-state index contributed by atoms with van der Waals surface area (Å²) >= 11 is 0. The fourth-order valence-electron chi connectivity index (χ4n) is 9.04. The van der Waals surface area contributed by atoms with E-state index in [1.807, 2.05) is 54.6 Å². The van der Waals surface area contributed by atoms with E-state index in [0.717, 1.165) is 34.4 Å². The molecule has 2 aliphatic rings. The summed E-state index contributed by atoms with van der Waals surface area (Å²) in [7, 11) is 0. The van der Waals surface area contributed by atoms with Gasteiger partial charge in [0.2, 0.25) is 17.7 Å². The Balaban J connectivity index is 0.606. The molecule has 0 aromatic heterocycles. The van der Waals surface area contributed by atoms with Gasteiger partial charge in [0.05, 0.1) is 175 Å². The fraction of sp³-hybridized carbons (Fsp3) is 0.532. The lowest BCUT2D eigenvalue weighted by molar-refractivity contribution is -0.136. The number of imide groups is 2. The number of amides is 5. The van der Waals surface area contributed by atoms with E-state index in [0.29, 0.717) is 172 Å². The van der Waals surface area contributed by atoms with Crippen LogP contribution in [0.25, 0.3) is 0 Å². The first kappa shape index (κ1) is 66.3. The molecule has 4 aromatic rings. The molecule has 83 heavy (non-hydrogen) atoms. The summed E-state index contributed by atoms with van der Waals surface area (Å²) < 4.78 is 73.9. The summed E-state index contributed by atoms with van der Waals surface area (Å²) in [6.07, 6.45) is 2.41. The molecule has 5 amide bonds. The molecule has 1 fully saturated rings. The van der Waals surface area contributed by atoms with Crippen LogP contribution in [0.15, 0.2) is 109 Å². The number of hydrogen-bond donors (Lipinski definition) is 2. The molecule has 0 aliphatic carbocycles. The van der Waals surface area contributed by atoms with Crippen molar-refractivity contribution in [3.05, 3.63) is 137 Å². The van der Waals surface area contributed by atoms with Gasteiger partial charge in [0.15, 0.2) is 0 Å². The van der Waals surface area contributed by atoms with E-state index in [1.165, 1.54) is 6.07 Å². The van der Waals surface area contributed by atoms with Crippen molar-refractivity contribution in [2.24, 2.45) is 0 Å². The smallest absolute Gasteiger partial charge is 0.264 e. The highest BCUT2D eigenvalue weighted by Crippen LogP contribution is 2.40. The van der Waals surface area contributed by atoms with Crippen LogP contribution in [0.1, 0.15) is 75.9 Å². The number of anilines is 1. The van der Waals surface area contributed by atoms with E-state index >= 15 is 0 Å². The van der Waals surface area contributed by atoms with Crippen molar-refractivity contribution in [3.8, 4) is 0 Å². The molecule has 2 N–H and O–H groups in total. The van der Waals surface area contributed by atoms with Crippen molar-refractivity contribution in [2.45, 2.75) is 50.2 Å². The number of benzene rings is 4. The van der Waals surface area contributed by atoms with Gasteiger partial charge < -0.3 is 66.9 Å². The Bertz CT molecular complexity index is 2360. The molecule has 2 aliphatic heterocycles. The van der Waals surface area contributed by atoms with Crippen LogP contribution in [0.2, 0.25) is 0 Å². The van der Waals surface area contributed by atoms with Gasteiger partial charge in [0.25, 0.3) is 11.8 Å². The predicted molar refractivity (Wildman–Crippen MR) is 305 cm³/mol. The highest BCUT2D eigenvalue weighted by atomic mass is 16.6. The second-order valence-electron chi connectivity index (χ2n) is 19.0. The average molecular weight is 1160 g/mol. The maximum absolute atomic E-state index is 13.2. The zero-order valence-corrected chi connectivity index (χ0v) is 47.7. The molecule has 454 valence electrons. The number of hydrogen-bond acceptors (Lipinski definition) is 18. The van der Waals surface area contributed by atoms with Crippen LogP contribution in [-0.2, 0) is 81.6 Å². The van der Waals surface area contributed by atoms with Crippen LogP contribution in [0, 0.1) is 0 Å². The van der Waals surface area contributed by atoms with E-state index < -0.39 is 35.3 Å². The molecule has 1 saturated heterocycles. The molecule has 21 heteroatoms. The highest BCUT2D eigenvalue weighted by molar-refractivity contribution is 6.26. The van der Waals surface area contributed by atoms with Crippen LogP contribution >= 0.6 is 0 Å². The van der Waals surface area contributed by atoms with E-state index in [-0.39, 0.29) is 42.0 Å². The van der Waals surface area contributed by atoms with E-state index in [9.17, 15) is 24.0 Å². The SMILES string of the molecule is O=C1CCC(N2C(=O)c3cccc(NC(=O)CCCCCOCCOCCOCCOCCOCCOCCOCCOCCOCCOCCOCCOCCOC(c4ccccc4)(c4ccccc4)c4ccccc4)c3C2=O)C(=O)N1. The molecule has 0 bridgehead atoms. The number of carbonyl (C=O) groups excluding carboxylic acids is 5. The van der Waals surface area contributed by atoms with Crippen molar-refractivity contribution >= 4 is 35.2 Å². The van der Waals surface area contributed by atoms with Gasteiger partial charge in [0.1, 0.15) is 11.6 Å². The standard InChI is InChI=1S/C62H83N3O18/c66-56(63-54-21-13-20-53-58(54)61(70)65(60(53)69)55-23-24-57(67)64-59(55)68)22-11-4-12-25-71-26-27-72-28-29-73-30-31-74-32-33-75-34-35-76-36-37-77-38-39-78-40-41-79-42-43-80-44-45-81-46-47-82-48-49-83-62(50-14-5-1-6-15-50,51-16-7-2-8-17-51)52-18-9-3-10-19-52/h1-3,5-10,13-21,55H,4,11-12,22-49H2,(H,63,66)(H,64,67,68). The summed E-state index contributed by atoms with van der Waals surface area (Å²) in [5.41, 5.74) is 2.77. The maximum Gasteiger partial charge on any atom is 0.264 e. The molecule has 6 rings (SSSR count). The molecule has 0 spiro atoms. The molecular formula is C62H83N3O18. The van der Waals surface area contributed by atoms with Crippen LogP contribution < -0.4 is 10.6 Å². The van der Waals surface area contributed by atoms with Gasteiger partial charge in [-0.3, -0.25) is 34.2 Å². The summed E-state index contributed by atoms with van der Waals surface area (Å²) in [6.45, 7) is 11.5. The van der Waals surface area contributed by atoms with Gasteiger partial charge in [-0.05, 0) is 48.1 Å². The Labute approximate surface area is 487 Å². The first-order chi connectivity index (χ1) is 40.9. The quantitative estimate of drug-likeness (QED) is 0.0302. The number of unbranched alkanes of at least 4 members (excludes halogenated alkanes) is 2. The van der Waals surface area contributed by atoms with Crippen molar-refractivity contribution in [1.29, 1.82) is 0 Å². The molecule has 1 atom stereocenters. The van der Waals surface area contributed by atoms with Gasteiger partial charge in [0, 0.05) is 19.4 Å². The molecule has 21 nitrogen and oxygen atoms in total. The Morgan fingerprint density at radius 1 is 0.434 bits per heavy atom. The normalized spacial score (nSPS) is 14.4. The lowest BCUT2D eigenvalue weighted by Crippen LogP contribution is -2.54. The Kier molecular flexibility index (Phi) is 32.2. The van der Waals surface area contributed by atoms with Crippen molar-refractivity contribution in [2.75, 3.05) is 170 Å². The minimum absolute atomic E-state index is 0.0238. The lowest BCUT2D eigenvalue weighted by Gasteiger charge is -2.36. The van der Waals surface area contributed by atoms with Gasteiger partial charge in [-0.15, -0.1) is 0 Å². The maximum atomic E-state index is 13.2. The van der Waals surface area contributed by atoms with Crippen LogP contribution in [-0.4, -0.2) is 206 Å². The Morgan fingerprint density at radius 2 is 0.807 bits per heavy atom. The first-order valence-electron chi connectivity index (χ1n) is 28.8. The van der Waals surface area contributed by atoms with Crippen molar-refractivity contribution < 1.29 is 85.6 Å². The number of nitrogens with zero attached hydrogens (tertiary/aromatic N) is 1. The van der Waals surface area contributed by atoms with Gasteiger partial charge in [-0.2, -0.15) is 0 Å². The summed E-state index contributed by atoms with van der Waals surface area (Å²) in [6, 6.07) is 34.4. The molecule has 0 radical (unpaired) electrons. The predicted octanol–water partition coefficient (Wildman–Crippen LogP) is 5.79. The second kappa shape index (κ2) is 40.4. The topological polar surface area (TPSA) is 233 Å². The Morgan fingerprint density at radius 3 is 1.19 bits per heavy atom. The second-order valence-corrected chi connectivity index (χ2v) is 19.0. The largest absolute Gasteiger partial charge is 0.379 e. The third-order valence-corrected chi connectivity index (χ3v) is 13.1. The monoisotopic (exact) mass is 1160 g/mol. The van der Waals surface area contributed by atoms with E-state index in [4.69, 9.17) is 61.6 Å². The molecule has 1 unspecified atom stereocenters. The zero-order valence-electron chi connectivity index (χ0n) is 47.7. The fourth-order valence-corrected chi connectivity index (χ4v) is 9.04. The van der Waals surface area contributed by atoms with Gasteiger partial charge >= 0.3 is 0 Å². The molecule has 0 saturated carbocycles. The zero-order chi connectivity index (χ0) is 58.3. The highest BCUT2D eigenvalue weighted by Gasteiger charge is 2.46. The summed E-state index contributed by atoms with van der Waals surface area (Å²) in [4.78, 5) is 63.8. The van der Waals surface area contributed by atoms with E-state index in [2.05, 4.69) is 47.0 Å². The number of nitrogens with one attached hydrogen (secondary N) is 2.